The Morgan fingerprint density at radius 1 is 0.414 bits per heavy atom. The van der Waals surface area contributed by atoms with Crippen molar-refractivity contribution in [3.63, 3.8) is 0 Å². The van der Waals surface area contributed by atoms with Crippen molar-refractivity contribution in [3.8, 4) is 0 Å². The molecule has 3 aliphatic rings. The lowest BCUT2D eigenvalue weighted by molar-refractivity contribution is -0.360. The second kappa shape index (κ2) is 55.4. The van der Waals surface area contributed by atoms with Gasteiger partial charge in [0.05, 0.1) is 13.2 Å². The minimum absolute atomic E-state index is 0.0200. The SMILES string of the molecule is CCCCCC/C=C\CCCCCCCCCC(=O)OC(COC(=O)CCCCC/C=C\CCCCCCCCC)COP(=O)(O)OC1C(OC2OC(CO)C(O)C(O)C2O)C(O)C(O)C(O)C1OC1OC(COC(=O)/C=C/C=C/CCCCCCCCCCCCC)C(O)C(O)C1O. The zero-order chi connectivity index (χ0) is 72.5. The van der Waals surface area contributed by atoms with Crippen molar-refractivity contribution in [3.05, 3.63) is 48.6 Å². The van der Waals surface area contributed by atoms with E-state index in [2.05, 4.69) is 45.1 Å². The molecule has 2 heterocycles. The molecule has 0 bridgehead atoms. The molecule has 0 amide bonds. The molecule has 3 fully saturated rings. The van der Waals surface area contributed by atoms with Crippen molar-refractivity contribution in [1.82, 2.24) is 0 Å². The fourth-order valence-electron chi connectivity index (χ4n) is 12.2. The van der Waals surface area contributed by atoms with E-state index in [0.717, 1.165) is 109 Å². The highest BCUT2D eigenvalue weighted by Gasteiger charge is 2.58. The topological polar surface area (TPSA) is 374 Å². The van der Waals surface area contributed by atoms with E-state index in [1.807, 2.05) is 6.08 Å². The maximum Gasteiger partial charge on any atom is 0.472 e. The van der Waals surface area contributed by atoms with Crippen LogP contribution in [0.5, 0.6) is 0 Å². The minimum atomic E-state index is -5.71. The molecule has 576 valence electrons. The molecule has 2 aliphatic heterocycles. The van der Waals surface area contributed by atoms with Crippen molar-refractivity contribution >= 4 is 25.7 Å². The van der Waals surface area contributed by atoms with Gasteiger partial charge in [-0.15, -0.1) is 0 Å². The molecule has 1 saturated carbocycles. The van der Waals surface area contributed by atoms with E-state index in [4.69, 9.17) is 42.2 Å². The molecule has 99 heavy (non-hydrogen) atoms. The smallest absolute Gasteiger partial charge is 0.462 e. The van der Waals surface area contributed by atoms with Crippen LogP contribution in [0.4, 0.5) is 0 Å². The van der Waals surface area contributed by atoms with E-state index >= 15 is 0 Å². The fourth-order valence-corrected chi connectivity index (χ4v) is 13.2. The Kier molecular flexibility index (Phi) is 50.5. The highest BCUT2D eigenvalue weighted by molar-refractivity contribution is 7.47. The average Bonchev–Trinajstić information content (AvgIpc) is 0.763. The third-order valence-corrected chi connectivity index (χ3v) is 19.4. The number of ether oxygens (including phenoxy) is 7. The number of allylic oxidation sites excluding steroid dienone is 7. The molecule has 11 N–H and O–H groups in total. The minimum Gasteiger partial charge on any atom is -0.462 e. The van der Waals surface area contributed by atoms with Crippen molar-refractivity contribution < 1.29 is 117 Å². The first kappa shape index (κ1) is 90.1. The van der Waals surface area contributed by atoms with Crippen LogP contribution in [-0.4, -0.2) is 204 Å². The number of hydrogen-bond donors (Lipinski definition) is 11. The Hall–Kier alpha value is -3.08. The number of aliphatic hydroxyl groups excluding tert-OH is 10. The van der Waals surface area contributed by atoms with E-state index in [1.54, 1.807) is 6.08 Å². The first-order chi connectivity index (χ1) is 47.8. The van der Waals surface area contributed by atoms with Crippen LogP contribution in [-0.2, 0) is 61.2 Å². The van der Waals surface area contributed by atoms with Gasteiger partial charge < -0.3 is 89.1 Å². The van der Waals surface area contributed by atoms with Gasteiger partial charge in [0.25, 0.3) is 0 Å². The quantitative estimate of drug-likeness (QED) is 0.00512. The van der Waals surface area contributed by atoms with Gasteiger partial charge in [-0.05, 0) is 77.0 Å². The number of aliphatic hydroxyl groups is 10. The highest BCUT2D eigenvalue weighted by Crippen LogP contribution is 2.49. The lowest BCUT2D eigenvalue weighted by Gasteiger charge is -2.49. The van der Waals surface area contributed by atoms with Gasteiger partial charge in [-0.2, -0.15) is 0 Å². The summed E-state index contributed by atoms with van der Waals surface area (Å²) in [6, 6.07) is 0. The molecule has 1 aliphatic carbocycles. The van der Waals surface area contributed by atoms with Gasteiger partial charge in [0.2, 0.25) is 0 Å². The number of carbonyl (C=O) groups is 3. The first-order valence-electron chi connectivity index (χ1n) is 38.0. The van der Waals surface area contributed by atoms with Crippen molar-refractivity contribution in [2.24, 2.45) is 0 Å². The summed E-state index contributed by atoms with van der Waals surface area (Å²) in [6.07, 6.45) is 19.5. The number of unbranched alkanes of at least 4 members (excludes halogenated alkanes) is 32. The van der Waals surface area contributed by atoms with Crippen LogP contribution in [0.25, 0.3) is 0 Å². The number of carbonyl (C=O) groups excluding carboxylic acids is 3. The second-order valence-corrected chi connectivity index (χ2v) is 28.5. The summed E-state index contributed by atoms with van der Waals surface area (Å²) in [5.41, 5.74) is 0. The predicted octanol–water partition coefficient (Wildman–Crippen LogP) is 10.5. The zero-order valence-corrected chi connectivity index (χ0v) is 60.9. The van der Waals surface area contributed by atoms with Crippen molar-refractivity contribution in [2.45, 2.75) is 375 Å². The Morgan fingerprint density at radius 3 is 1.24 bits per heavy atom. The first-order valence-corrected chi connectivity index (χ1v) is 39.5. The van der Waals surface area contributed by atoms with Crippen molar-refractivity contribution in [2.75, 3.05) is 26.4 Å². The third-order valence-electron chi connectivity index (χ3n) is 18.4. The molecule has 0 aromatic rings. The van der Waals surface area contributed by atoms with Gasteiger partial charge in [0, 0.05) is 18.9 Å². The fraction of sp³-hybridized carbons (Fsp3) is 0.851. The summed E-state index contributed by atoms with van der Waals surface area (Å²) in [4.78, 5) is 50.9. The van der Waals surface area contributed by atoms with Crippen LogP contribution in [0.3, 0.4) is 0 Å². The van der Waals surface area contributed by atoms with E-state index in [-0.39, 0.29) is 12.8 Å². The molecule has 0 aromatic heterocycles. The highest BCUT2D eigenvalue weighted by atomic mass is 31.2. The summed E-state index contributed by atoms with van der Waals surface area (Å²) in [6.45, 7) is 3.32. The number of rotatable bonds is 58. The molecule has 24 nitrogen and oxygen atoms in total. The average molecular weight is 1440 g/mol. The molecule has 18 atom stereocenters. The number of esters is 3. The molecule has 0 radical (unpaired) electrons. The van der Waals surface area contributed by atoms with Gasteiger partial charge in [-0.1, -0.05) is 224 Å². The standard InChI is InChI=1S/C74H131O24P/c1-4-7-10-13-16-19-22-25-28-31-34-37-40-43-46-49-59(77)91-54-57-62(80)64(82)69(87)74(95-57)97-71-67(85)65(83)66(84)70(96-73-68(86)63(81)61(79)56(51-75)94-73)72(71)98-99(88,89)92-53-55(52-90-58(76)48-45-42-39-36-33-30-27-24-21-18-15-12-9-6-3)93-60(78)50-47-44-41-38-35-32-29-26-23-20-17-14-11-8-5-2/h20,23,30,33,40,43,46,49,55-57,61-75,79-87H,4-19,21-22,24-29,31-32,34-39,41-42,44-45,47-48,50-54H2,1-3H3,(H,88,89)/b23-20-,33-30-,43-40+,49-46+. The van der Waals surface area contributed by atoms with Crippen molar-refractivity contribution in [1.29, 1.82) is 0 Å². The van der Waals surface area contributed by atoms with Crippen LogP contribution in [0.15, 0.2) is 48.6 Å². The summed E-state index contributed by atoms with van der Waals surface area (Å²) >= 11 is 0. The van der Waals surface area contributed by atoms with Gasteiger partial charge >= 0.3 is 25.7 Å². The normalized spacial score (nSPS) is 27.7. The van der Waals surface area contributed by atoms with Crippen LogP contribution >= 0.6 is 7.82 Å². The summed E-state index contributed by atoms with van der Waals surface area (Å²) in [7, 11) is -5.71. The third kappa shape index (κ3) is 38.5. The van der Waals surface area contributed by atoms with Crippen LogP contribution in [0, 0.1) is 0 Å². The van der Waals surface area contributed by atoms with Crippen LogP contribution in [0.1, 0.15) is 271 Å². The predicted molar refractivity (Wildman–Crippen MR) is 374 cm³/mol. The number of hydrogen-bond acceptors (Lipinski definition) is 23. The molecule has 18 unspecified atom stereocenters. The van der Waals surface area contributed by atoms with Crippen LogP contribution in [0.2, 0.25) is 0 Å². The Labute approximate surface area is 590 Å². The van der Waals surface area contributed by atoms with Crippen LogP contribution < -0.4 is 0 Å². The summed E-state index contributed by atoms with van der Waals surface area (Å²) in [5.74, 6) is -2.25. The second-order valence-electron chi connectivity index (χ2n) is 27.1. The van der Waals surface area contributed by atoms with E-state index < -0.39 is 156 Å². The Balaban J connectivity index is 1.75. The van der Waals surface area contributed by atoms with Gasteiger partial charge in [0.1, 0.15) is 98.7 Å². The largest absolute Gasteiger partial charge is 0.472 e. The Morgan fingerprint density at radius 2 is 0.788 bits per heavy atom. The van der Waals surface area contributed by atoms with E-state index in [9.17, 15) is 74.9 Å². The maximum absolute atomic E-state index is 14.3. The number of phosphoric acid groups is 1. The summed E-state index contributed by atoms with van der Waals surface area (Å²) < 4.78 is 64.8. The van der Waals surface area contributed by atoms with Gasteiger partial charge in [0.15, 0.2) is 18.7 Å². The maximum atomic E-state index is 14.3. The lowest BCUT2D eigenvalue weighted by atomic mass is 9.84. The molecule has 25 heteroatoms. The monoisotopic (exact) mass is 1430 g/mol. The molecular weight excluding hydrogens is 1300 g/mol. The lowest BCUT2D eigenvalue weighted by Crippen LogP contribution is -2.69. The molecule has 2 saturated heterocycles. The molecule has 0 aromatic carbocycles. The van der Waals surface area contributed by atoms with Gasteiger partial charge in [-0.25, -0.2) is 9.36 Å². The molecular formula is C74H131O24P. The molecule has 0 spiro atoms. The zero-order valence-electron chi connectivity index (χ0n) is 60.0. The van der Waals surface area contributed by atoms with Gasteiger partial charge in [-0.3, -0.25) is 18.6 Å². The number of phosphoric ester groups is 1. The Bertz CT molecular complexity index is 2240. The molecule has 3 rings (SSSR count). The van der Waals surface area contributed by atoms with E-state index in [1.165, 1.54) is 122 Å². The summed E-state index contributed by atoms with van der Waals surface area (Å²) in [5, 5.41) is 110. The van der Waals surface area contributed by atoms with E-state index in [0.29, 0.717) is 19.3 Å².